The van der Waals surface area contributed by atoms with Gasteiger partial charge in [0, 0.05) is 82.3 Å². The summed E-state index contributed by atoms with van der Waals surface area (Å²) in [7, 11) is 0. The molecule has 2 aromatic carbocycles. The van der Waals surface area contributed by atoms with Crippen LogP contribution in [0.3, 0.4) is 0 Å². The van der Waals surface area contributed by atoms with Gasteiger partial charge in [-0.25, -0.2) is 19.2 Å². The minimum absolute atomic E-state index is 0.00551. The van der Waals surface area contributed by atoms with Gasteiger partial charge in [0.25, 0.3) is 0 Å². The molecule has 0 bridgehead atoms. The van der Waals surface area contributed by atoms with Crippen molar-refractivity contribution in [3.05, 3.63) is 96.4 Å². The van der Waals surface area contributed by atoms with E-state index in [0.717, 1.165) is 56.5 Å². The number of nitrogens with one attached hydrogen (secondary N) is 6. The Hall–Kier alpha value is -5.86. The van der Waals surface area contributed by atoms with Crippen molar-refractivity contribution in [2.45, 2.75) is 103 Å². The van der Waals surface area contributed by atoms with Crippen LogP contribution in [-0.4, -0.2) is 71.5 Å². The lowest BCUT2D eigenvalue weighted by Crippen LogP contribution is -2.40. The largest absolute Gasteiger partial charge is 0.453 e. The Bertz CT molecular complexity index is 2030. The molecular formula is C44H54N6O8. The number of aromatic amines is 2. The van der Waals surface area contributed by atoms with E-state index in [2.05, 4.69) is 72.1 Å². The maximum absolute atomic E-state index is 13.3. The number of carbonyl (C=O) groups excluding carboxylic acids is 4. The number of benzene rings is 2. The Kier molecular flexibility index (Phi) is 13.7. The fraction of sp³-hybridized carbons (Fsp3) is 0.409. The predicted octanol–water partition coefficient (Wildman–Crippen LogP) is 7.95. The van der Waals surface area contributed by atoms with Crippen molar-refractivity contribution < 1.29 is 38.1 Å². The Labute approximate surface area is 338 Å². The lowest BCUT2D eigenvalue weighted by atomic mass is 9.89. The summed E-state index contributed by atoms with van der Waals surface area (Å²) >= 11 is 0. The number of aromatic nitrogens is 2. The van der Waals surface area contributed by atoms with Gasteiger partial charge >= 0.3 is 24.1 Å². The summed E-state index contributed by atoms with van der Waals surface area (Å²) in [4.78, 5) is 58.2. The second kappa shape index (κ2) is 19.1. The molecule has 2 amide bonds. The second-order valence-corrected chi connectivity index (χ2v) is 15.3. The van der Waals surface area contributed by atoms with Gasteiger partial charge < -0.3 is 39.5 Å². The maximum atomic E-state index is 13.3. The second-order valence-electron chi connectivity index (χ2n) is 15.3. The molecule has 14 nitrogen and oxygen atoms in total. The van der Waals surface area contributed by atoms with E-state index in [1.54, 1.807) is 24.3 Å². The van der Waals surface area contributed by atoms with Gasteiger partial charge in [0.15, 0.2) is 0 Å². The Morgan fingerprint density at radius 3 is 1.48 bits per heavy atom. The third kappa shape index (κ3) is 10.5. The van der Waals surface area contributed by atoms with Gasteiger partial charge in [-0.3, -0.25) is 10.6 Å². The number of hydrogen-bond acceptors (Lipinski definition) is 10. The van der Waals surface area contributed by atoms with E-state index in [-0.39, 0.29) is 37.4 Å². The molecule has 6 N–H and O–H groups in total. The molecule has 14 heteroatoms. The van der Waals surface area contributed by atoms with Crippen molar-refractivity contribution in [2.24, 2.45) is 0 Å². The van der Waals surface area contributed by atoms with Crippen molar-refractivity contribution in [3.8, 4) is 0 Å². The molecule has 0 radical (unpaired) electrons. The van der Waals surface area contributed by atoms with Gasteiger partial charge in [-0.05, 0) is 73.2 Å². The van der Waals surface area contributed by atoms with Crippen LogP contribution in [0.2, 0.25) is 0 Å². The SMILES string of the molecule is C=CCCOC(=O)Nc1ccc2[nH]c3c(c2c1)CC(NC(C)C)CC3OC(=O)/C=C\C(=O)OC1CC(NC(C)C)Cc2c1[nH]c1ccc(NC(=O)OCCC=C)cc21. The average molecular weight is 795 g/mol. The van der Waals surface area contributed by atoms with Gasteiger partial charge in [0.05, 0.1) is 24.6 Å². The molecule has 2 aromatic heterocycles. The molecule has 2 aliphatic carbocycles. The average Bonchev–Trinajstić information content (AvgIpc) is 3.72. The molecule has 2 aliphatic rings. The molecule has 4 atom stereocenters. The van der Waals surface area contributed by atoms with Gasteiger partial charge in [-0.2, -0.15) is 0 Å². The van der Waals surface area contributed by atoms with Crippen LogP contribution in [0.25, 0.3) is 21.8 Å². The zero-order valence-electron chi connectivity index (χ0n) is 33.6. The van der Waals surface area contributed by atoms with E-state index >= 15 is 0 Å². The van der Waals surface area contributed by atoms with Crippen LogP contribution in [-0.2, 0) is 41.4 Å². The highest BCUT2D eigenvalue weighted by Gasteiger charge is 2.34. The first kappa shape index (κ1) is 41.8. The van der Waals surface area contributed by atoms with Crippen molar-refractivity contribution in [1.29, 1.82) is 0 Å². The third-order valence-electron chi connectivity index (χ3n) is 10.0. The number of hydrogen-bond donors (Lipinski definition) is 6. The smallest absolute Gasteiger partial charge is 0.411 e. The van der Waals surface area contributed by atoms with Crippen LogP contribution >= 0.6 is 0 Å². The van der Waals surface area contributed by atoms with Gasteiger partial charge in [0.2, 0.25) is 0 Å². The Balaban J connectivity index is 1.16. The predicted molar refractivity (Wildman–Crippen MR) is 224 cm³/mol. The number of fused-ring (bicyclic) bond motifs is 6. The third-order valence-corrected chi connectivity index (χ3v) is 10.0. The standard InChI is InChI=1S/C44H54N6O8/c1-7-9-17-55-43(53)47-27-11-13-35-31(19-27)33-21-29(45-25(3)4)23-37(41(33)49-35)57-39(51)15-16-40(52)58-38-24-30(46-26(5)6)22-34-32-20-28(12-14-36(32)50-42(34)38)48-44(54)56-18-10-8-2/h7-8,11-16,19-20,25-26,29-30,37-38,45-46,49-50H,1-2,9-10,17-18,21-24H2,3-6H3,(H,47,53)(H,48,54)/b16-15-. The van der Waals surface area contributed by atoms with Crippen molar-refractivity contribution in [1.82, 2.24) is 20.6 Å². The number of amides is 2. The van der Waals surface area contributed by atoms with Crippen LogP contribution < -0.4 is 21.3 Å². The number of ether oxygens (including phenoxy) is 4. The summed E-state index contributed by atoms with van der Waals surface area (Å²) in [6, 6.07) is 11.5. The highest BCUT2D eigenvalue weighted by atomic mass is 16.6. The Morgan fingerprint density at radius 2 is 1.10 bits per heavy atom. The van der Waals surface area contributed by atoms with E-state index in [4.69, 9.17) is 18.9 Å². The van der Waals surface area contributed by atoms with Crippen LogP contribution in [0.1, 0.15) is 88.1 Å². The molecule has 0 saturated carbocycles. The Morgan fingerprint density at radius 1 is 0.690 bits per heavy atom. The lowest BCUT2D eigenvalue weighted by molar-refractivity contribution is -0.147. The first-order chi connectivity index (χ1) is 27.9. The maximum Gasteiger partial charge on any atom is 0.411 e. The molecule has 0 spiro atoms. The zero-order chi connectivity index (χ0) is 41.3. The van der Waals surface area contributed by atoms with Gasteiger partial charge in [-0.15, -0.1) is 13.2 Å². The number of rotatable bonds is 16. The van der Waals surface area contributed by atoms with E-state index in [1.807, 2.05) is 24.3 Å². The number of anilines is 2. The van der Waals surface area contributed by atoms with Gasteiger partial charge in [-0.1, -0.05) is 39.8 Å². The van der Waals surface area contributed by atoms with Gasteiger partial charge in [0.1, 0.15) is 12.2 Å². The molecule has 58 heavy (non-hydrogen) atoms. The van der Waals surface area contributed by atoms with Crippen molar-refractivity contribution >= 4 is 57.3 Å². The molecule has 0 fully saturated rings. The lowest BCUT2D eigenvalue weighted by Gasteiger charge is -2.31. The highest BCUT2D eigenvalue weighted by Crippen LogP contribution is 2.40. The molecule has 2 heterocycles. The quantitative estimate of drug-likeness (QED) is 0.0214. The molecule has 4 unspecified atom stereocenters. The molecule has 6 rings (SSSR count). The van der Waals surface area contributed by atoms with E-state index in [9.17, 15) is 19.2 Å². The number of carbonyl (C=O) groups is 4. The minimum atomic E-state index is -0.682. The number of H-pyrrole nitrogens is 2. The van der Waals surface area contributed by atoms with Crippen LogP contribution in [0, 0.1) is 0 Å². The summed E-state index contributed by atoms with van der Waals surface area (Å²) < 4.78 is 22.4. The normalized spacial score (nSPS) is 18.8. The fourth-order valence-corrected chi connectivity index (χ4v) is 7.78. The summed E-state index contributed by atoms with van der Waals surface area (Å²) in [5.74, 6) is -1.36. The van der Waals surface area contributed by atoms with Crippen molar-refractivity contribution in [3.63, 3.8) is 0 Å². The van der Waals surface area contributed by atoms with E-state index in [0.29, 0.717) is 49.9 Å². The summed E-state index contributed by atoms with van der Waals surface area (Å²) in [5, 5.41) is 14.5. The van der Waals surface area contributed by atoms with Crippen LogP contribution in [0.4, 0.5) is 21.0 Å². The van der Waals surface area contributed by atoms with Crippen molar-refractivity contribution in [2.75, 3.05) is 23.8 Å². The molecular weight excluding hydrogens is 741 g/mol. The molecule has 0 saturated heterocycles. The minimum Gasteiger partial charge on any atom is -0.453 e. The molecule has 308 valence electrons. The number of esters is 2. The molecule has 0 aliphatic heterocycles. The zero-order valence-corrected chi connectivity index (χ0v) is 33.6. The summed E-state index contributed by atoms with van der Waals surface area (Å²) in [6.07, 6.45) is 6.74. The fourth-order valence-electron chi connectivity index (χ4n) is 7.78. The summed E-state index contributed by atoms with van der Waals surface area (Å²) in [6.45, 7) is 16.0. The van der Waals surface area contributed by atoms with E-state index in [1.165, 1.54) is 0 Å². The van der Waals surface area contributed by atoms with E-state index < -0.39 is 36.3 Å². The first-order valence-electron chi connectivity index (χ1n) is 19.9. The molecule has 4 aromatic rings. The topological polar surface area (TPSA) is 185 Å². The first-order valence-corrected chi connectivity index (χ1v) is 19.9. The monoisotopic (exact) mass is 794 g/mol. The van der Waals surface area contributed by atoms with Crippen LogP contribution in [0.5, 0.6) is 0 Å². The van der Waals surface area contributed by atoms with Crippen LogP contribution in [0.15, 0.2) is 73.9 Å². The highest BCUT2D eigenvalue weighted by molar-refractivity contribution is 5.95. The summed E-state index contributed by atoms with van der Waals surface area (Å²) in [5.41, 5.74) is 6.33.